The summed E-state index contributed by atoms with van der Waals surface area (Å²) in [4.78, 5) is 3.57. The fourth-order valence-corrected chi connectivity index (χ4v) is 2.77. The Morgan fingerprint density at radius 2 is 1.73 bits per heavy atom. The van der Waals surface area contributed by atoms with Gasteiger partial charge in [0.25, 0.3) is 0 Å². The Kier molecular flexibility index (Phi) is 7.55. The summed E-state index contributed by atoms with van der Waals surface area (Å²) in [6.07, 6.45) is 7.61. The number of halogens is 2. The van der Waals surface area contributed by atoms with E-state index in [2.05, 4.69) is 46.7 Å². The molecule has 3 rings (SSSR count). The van der Waals surface area contributed by atoms with Crippen LogP contribution in [0.2, 0.25) is 0 Å². The number of isothiocyanates is 1. The molecular formula is C21H14F2NRuS. The first-order chi connectivity index (χ1) is 12.2. The third kappa shape index (κ3) is 5.02. The van der Waals surface area contributed by atoms with Crippen molar-refractivity contribution in [2.24, 2.45) is 4.99 Å². The SMILES string of the molecule is Fc1cc(N=C=S)cc(F)c1C#Cc1ccc(C2=CC[CH-]CC2)cc1.[Ru+]. The van der Waals surface area contributed by atoms with E-state index in [0.717, 1.165) is 31.4 Å². The van der Waals surface area contributed by atoms with Gasteiger partial charge in [-0.05, 0) is 35.5 Å². The normalized spacial score (nSPS) is 12.8. The van der Waals surface area contributed by atoms with Gasteiger partial charge in [0, 0.05) is 17.7 Å². The average Bonchev–Trinajstić information content (AvgIpc) is 2.62. The van der Waals surface area contributed by atoms with Gasteiger partial charge in [-0.15, -0.1) is 6.08 Å². The van der Waals surface area contributed by atoms with Gasteiger partial charge in [-0.2, -0.15) is 17.8 Å². The van der Waals surface area contributed by atoms with Crippen LogP contribution in [0.5, 0.6) is 0 Å². The summed E-state index contributed by atoms with van der Waals surface area (Å²) in [7, 11) is 0. The van der Waals surface area contributed by atoms with Gasteiger partial charge in [-0.1, -0.05) is 30.4 Å². The zero-order valence-electron chi connectivity index (χ0n) is 13.7. The van der Waals surface area contributed by atoms with Crippen LogP contribution in [0.25, 0.3) is 5.57 Å². The summed E-state index contributed by atoms with van der Waals surface area (Å²) in [6.45, 7) is 0. The van der Waals surface area contributed by atoms with Crippen molar-refractivity contribution in [3.63, 3.8) is 0 Å². The Bertz CT molecular complexity index is 910. The minimum atomic E-state index is -0.767. The number of nitrogens with zero attached hydrogens (tertiary/aromatic N) is 1. The summed E-state index contributed by atoms with van der Waals surface area (Å²) in [6, 6.07) is 9.88. The largest absolute Gasteiger partial charge is 1.00 e. The van der Waals surface area contributed by atoms with Crippen molar-refractivity contribution in [1.82, 2.24) is 0 Å². The van der Waals surface area contributed by atoms with Gasteiger partial charge in [-0.3, -0.25) is 0 Å². The fourth-order valence-electron chi connectivity index (χ4n) is 2.66. The van der Waals surface area contributed by atoms with Gasteiger partial charge < -0.3 is 6.42 Å². The van der Waals surface area contributed by atoms with E-state index in [4.69, 9.17) is 0 Å². The molecule has 1 aliphatic rings. The summed E-state index contributed by atoms with van der Waals surface area (Å²) in [5.41, 5.74) is 2.99. The number of hydrogen-bond donors (Lipinski definition) is 0. The Balaban J connectivity index is 0.00000243. The van der Waals surface area contributed by atoms with Gasteiger partial charge >= 0.3 is 19.5 Å². The summed E-state index contributed by atoms with van der Waals surface area (Å²) in [5.74, 6) is 3.83. The predicted molar refractivity (Wildman–Crippen MR) is 99.6 cm³/mol. The molecule has 0 atom stereocenters. The topological polar surface area (TPSA) is 12.4 Å². The zero-order chi connectivity index (χ0) is 17.6. The van der Waals surface area contributed by atoms with Gasteiger partial charge in [-0.25, -0.2) is 8.78 Å². The van der Waals surface area contributed by atoms with E-state index in [1.165, 1.54) is 11.1 Å². The summed E-state index contributed by atoms with van der Waals surface area (Å²) < 4.78 is 27.9. The van der Waals surface area contributed by atoms with Gasteiger partial charge in [0.1, 0.15) is 11.6 Å². The fraction of sp³-hybridized carbons (Fsp3) is 0.143. The van der Waals surface area contributed by atoms with Crippen molar-refractivity contribution in [2.45, 2.75) is 19.3 Å². The maximum atomic E-state index is 14.0. The van der Waals surface area contributed by atoms with E-state index < -0.39 is 11.6 Å². The molecule has 0 N–H and O–H groups in total. The number of benzene rings is 2. The van der Waals surface area contributed by atoms with Crippen LogP contribution in [-0.4, -0.2) is 5.16 Å². The molecule has 0 unspecified atom stereocenters. The van der Waals surface area contributed by atoms with E-state index in [9.17, 15) is 8.78 Å². The van der Waals surface area contributed by atoms with E-state index >= 15 is 0 Å². The molecule has 1 nitrogen and oxygen atoms in total. The molecule has 0 saturated carbocycles. The van der Waals surface area contributed by atoms with Crippen LogP contribution in [0.15, 0.2) is 47.5 Å². The number of hydrogen-bond acceptors (Lipinski definition) is 2. The molecule has 2 aromatic rings. The van der Waals surface area contributed by atoms with Crippen molar-refractivity contribution in [2.75, 3.05) is 0 Å². The molecule has 1 aliphatic carbocycles. The number of thiocarbonyl (C=S) groups is 1. The van der Waals surface area contributed by atoms with Crippen LogP contribution in [0.4, 0.5) is 14.5 Å². The van der Waals surface area contributed by atoms with Crippen molar-refractivity contribution in [1.29, 1.82) is 0 Å². The Labute approximate surface area is 170 Å². The third-order valence-electron chi connectivity index (χ3n) is 3.94. The molecule has 1 radical (unpaired) electrons. The second-order valence-electron chi connectivity index (χ2n) is 5.61. The van der Waals surface area contributed by atoms with Crippen molar-refractivity contribution < 1.29 is 28.3 Å². The molecule has 0 spiro atoms. The van der Waals surface area contributed by atoms with Crippen LogP contribution in [0.3, 0.4) is 0 Å². The summed E-state index contributed by atoms with van der Waals surface area (Å²) >= 11 is 4.43. The van der Waals surface area contributed by atoms with E-state index in [-0.39, 0.29) is 30.7 Å². The quantitative estimate of drug-likeness (QED) is 0.183. The van der Waals surface area contributed by atoms with Crippen LogP contribution in [-0.2, 0) is 19.5 Å². The van der Waals surface area contributed by atoms with Crippen molar-refractivity contribution in [3.05, 3.63) is 77.2 Å². The van der Waals surface area contributed by atoms with Crippen LogP contribution in [0, 0.1) is 29.9 Å². The minimum absolute atomic E-state index is 0. The molecular weight excluding hydrogens is 437 g/mol. The molecule has 0 heterocycles. The molecule has 5 heteroatoms. The number of aliphatic imine (C=N–C) groups is 1. The molecule has 0 bridgehead atoms. The van der Waals surface area contributed by atoms with Crippen LogP contribution in [0.1, 0.15) is 36.0 Å². The Hall–Kier alpha value is -1.98. The molecule has 2 aromatic carbocycles. The smallest absolute Gasteiger partial charge is 0.324 e. The predicted octanol–water partition coefficient (Wildman–Crippen LogP) is 5.87. The maximum Gasteiger partial charge on any atom is 1.00 e. The number of rotatable bonds is 2. The van der Waals surface area contributed by atoms with Gasteiger partial charge in [0.05, 0.1) is 16.4 Å². The first-order valence-corrected chi connectivity index (χ1v) is 8.28. The van der Waals surface area contributed by atoms with Crippen LogP contribution >= 0.6 is 12.2 Å². The first-order valence-electron chi connectivity index (χ1n) is 7.87. The molecule has 26 heavy (non-hydrogen) atoms. The second-order valence-corrected chi connectivity index (χ2v) is 5.79. The molecule has 0 saturated heterocycles. The first kappa shape index (κ1) is 20.3. The Morgan fingerprint density at radius 3 is 2.31 bits per heavy atom. The molecule has 131 valence electrons. The average molecular weight is 451 g/mol. The monoisotopic (exact) mass is 452 g/mol. The molecule has 0 amide bonds. The van der Waals surface area contributed by atoms with E-state index in [1.54, 1.807) is 0 Å². The third-order valence-corrected chi connectivity index (χ3v) is 4.03. The molecule has 0 aliphatic heterocycles. The maximum absolute atomic E-state index is 14.0. The van der Waals surface area contributed by atoms with E-state index in [1.807, 2.05) is 24.3 Å². The molecule has 0 fully saturated rings. The van der Waals surface area contributed by atoms with Crippen molar-refractivity contribution >= 4 is 28.6 Å². The van der Waals surface area contributed by atoms with Crippen LogP contribution < -0.4 is 0 Å². The second kappa shape index (κ2) is 9.65. The minimum Gasteiger partial charge on any atom is -0.324 e. The van der Waals surface area contributed by atoms with Crippen molar-refractivity contribution in [3.8, 4) is 11.8 Å². The molecule has 0 aromatic heterocycles. The van der Waals surface area contributed by atoms with Gasteiger partial charge in [0.2, 0.25) is 0 Å². The number of allylic oxidation sites excluding steroid dienone is 2. The zero-order valence-corrected chi connectivity index (χ0v) is 16.3. The Morgan fingerprint density at radius 1 is 1.04 bits per heavy atom. The summed E-state index contributed by atoms with van der Waals surface area (Å²) in [5, 5.41) is 2.08. The van der Waals surface area contributed by atoms with E-state index in [0.29, 0.717) is 5.56 Å². The van der Waals surface area contributed by atoms with Gasteiger partial charge in [0.15, 0.2) is 0 Å². The standard InChI is InChI=1S/C21H14F2NS.Ru/c22-20-12-18(24-14-25)13-21(23)19(20)11-8-15-6-9-17(10-7-15)16-4-2-1-3-5-16;/h1,4,6-7,9-10,12-13H,2-3,5H2;/q-1;+1.